The van der Waals surface area contributed by atoms with Crippen LogP contribution >= 0.6 is 11.8 Å². The quantitative estimate of drug-likeness (QED) is 0.542. The lowest BCUT2D eigenvalue weighted by Crippen LogP contribution is -2.28. The number of nitrogens with zero attached hydrogens (tertiary/aromatic N) is 1. The van der Waals surface area contributed by atoms with E-state index >= 15 is 0 Å². The van der Waals surface area contributed by atoms with E-state index in [1.807, 2.05) is 47.4 Å². The van der Waals surface area contributed by atoms with Crippen LogP contribution in [0.1, 0.15) is 64.0 Å². The van der Waals surface area contributed by atoms with Gasteiger partial charge < -0.3 is 5.32 Å². The zero-order valence-corrected chi connectivity index (χ0v) is 20.1. The molecule has 0 aliphatic carbocycles. The summed E-state index contributed by atoms with van der Waals surface area (Å²) in [6.45, 7) is 10.8. The predicted octanol–water partition coefficient (Wildman–Crippen LogP) is 6.43. The van der Waals surface area contributed by atoms with Gasteiger partial charge >= 0.3 is 0 Å². The molecule has 1 aliphatic heterocycles. The van der Waals surface area contributed by atoms with E-state index in [0.29, 0.717) is 18.1 Å². The summed E-state index contributed by atoms with van der Waals surface area (Å²) in [7, 11) is 0. The van der Waals surface area contributed by atoms with E-state index in [-0.39, 0.29) is 22.6 Å². The molecule has 5 heteroatoms. The van der Waals surface area contributed by atoms with Crippen molar-refractivity contribution < 1.29 is 9.59 Å². The SMILES string of the molecule is CCc1ccccc1N1C(=O)CS[C@H]1c1ccc(NC(=O)C[C@H](C)CC(C)(C)C)cc1. The molecule has 1 aliphatic rings. The van der Waals surface area contributed by atoms with Crippen LogP contribution in [-0.2, 0) is 16.0 Å². The topological polar surface area (TPSA) is 49.4 Å². The molecule has 3 rings (SSSR count). The van der Waals surface area contributed by atoms with E-state index in [1.165, 1.54) is 5.56 Å². The van der Waals surface area contributed by atoms with Gasteiger partial charge in [0.05, 0.1) is 5.75 Å². The summed E-state index contributed by atoms with van der Waals surface area (Å²) >= 11 is 1.65. The summed E-state index contributed by atoms with van der Waals surface area (Å²) in [5.41, 5.74) is 4.26. The lowest BCUT2D eigenvalue weighted by Gasteiger charge is -2.26. The van der Waals surface area contributed by atoms with Crippen molar-refractivity contribution in [2.24, 2.45) is 11.3 Å². The van der Waals surface area contributed by atoms with Gasteiger partial charge in [0.25, 0.3) is 0 Å². The summed E-state index contributed by atoms with van der Waals surface area (Å²) in [6.07, 6.45) is 2.42. The lowest BCUT2D eigenvalue weighted by atomic mass is 9.84. The number of hydrogen-bond acceptors (Lipinski definition) is 3. The molecule has 0 saturated carbocycles. The molecule has 2 amide bonds. The summed E-state index contributed by atoms with van der Waals surface area (Å²) in [6, 6.07) is 16.0. The van der Waals surface area contributed by atoms with Crippen molar-refractivity contribution in [3.63, 3.8) is 0 Å². The second-order valence-electron chi connectivity index (χ2n) is 9.65. The first-order valence-electron chi connectivity index (χ1n) is 11.1. The Kier molecular flexibility index (Phi) is 7.47. The third-order valence-corrected chi connectivity index (χ3v) is 6.69. The number of nitrogens with one attached hydrogen (secondary N) is 1. The Morgan fingerprint density at radius 1 is 1.16 bits per heavy atom. The standard InChI is InChI=1S/C26H34N2O2S/c1-6-19-9-7-8-10-22(19)28-24(30)17-31-25(28)20-11-13-21(14-12-20)27-23(29)15-18(2)16-26(3,4)5/h7-14,18,25H,6,15-17H2,1-5H3,(H,27,29)/t18-,25-/m0/s1. The molecular weight excluding hydrogens is 404 g/mol. The average molecular weight is 439 g/mol. The normalized spacial score (nSPS) is 17.6. The fraction of sp³-hybridized carbons (Fsp3) is 0.462. The van der Waals surface area contributed by atoms with Crippen molar-refractivity contribution in [2.45, 2.75) is 59.3 Å². The van der Waals surface area contributed by atoms with E-state index in [9.17, 15) is 9.59 Å². The Hall–Kier alpha value is -2.27. The number of hydrogen-bond donors (Lipinski definition) is 1. The van der Waals surface area contributed by atoms with Gasteiger partial charge in [-0.1, -0.05) is 65.0 Å². The molecule has 0 aromatic heterocycles. The van der Waals surface area contributed by atoms with E-state index in [0.717, 1.165) is 29.8 Å². The van der Waals surface area contributed by atoms with Crippen molar-refractivity contribution in [1.29, 1.82) is 0 Å². The number of para-hydroxylation sites is 1. The highest BCUT2D eigenvalue weighted by atomic mass is 32.2. The second kappa shape index (κ2) is 9.90. The van der Waals surface area contributed by atoms with Gasteiger partial charge in [0.1, 0.15) is 5.37 Å². The number of carbonyl (C=O) groups is 2. The van der Waals surface area contributed by atoms with Crippen molar-refractivity contribution in [3.8, 4) is 0 Å². The maximum atomic E-state index is 12.7. The maximum absolute atomic E-state index is 12.7. The summed E-state index contributed by atoms with van der Waals surface area (Å²) in [5, 5.41) is 2.98. The highest BCUT2D eigenvalue weighted by Crippen LogP contribution is 2.43. The molecule has 0 radical (unpaired) electrons. The van der Waals surface area contributed by atoms with Crippen molar-refractivity contribution >= 4 is 35.0 Å². The number of aryl methyl sites for hydroxylation is 1. The largest absolute Gasteiger partial charge is 0.326 e. The van der Waals surface area contributed by atoms with E-state index in [2.05, 4.69) is 46.0 Å². The zero-order chi connectivity index (χ0) is 22.6. The second-order valence-corrected chi connectivity index (χ2v) is 10.7. The van der Waals surface area contributed by atoms with Gasteiger partial charge in [-0.05, 0) is 53.5 Å². The third-order valence-electron chi connectivity index (χ3n) is 5.47. The molecule has 2 aromatic carbocycles. The molecule has 1 heterocycles. The van der Waals surface area contributed by atoms with Gasteiger partial charge in [-0.2, -0.15) is 0 Å². The minimum Gasteiger partial charge on any atom is -0.326 e. The Morgan fingerprint density at radius 3 is 2.48 bits per heavy atom. The molecule has 31 heavy (non-hydrogen) atoms. The first kappa shape index (κ1) is 23.4. The number of benzene rings is 2. The lowest BCUT2D eigenvalue weighted by molar-refractivity contribution is -0.117. The Balaban J connectivity index is 1.69. The van der Waals surface area contributed by atoms with Crippen LogP contribution in [0.3, 0.4) is 0 Å². The van der Waals surface area contributed by atoms with Crippen molar-refractivity contribution in [3.05, 3.63) is 59.7 Å². The van der Waals surface area contributed by atoms with Crippen molar-refractivity contribution in [1.82, 2.24) is 0 Å². The van der Waals surface area contributed by atoms with Gasteiger partial charge in [0, 0.05) is 17.8 Å². The minimum absolute atomic E-state index is 0.0447. The van der Waals surface area contributed by atoms with Crippen molar-refractivity contribution in [2.75, 3.05) is 16.0 Å². The van der Waals surface area contributed by atoms with Gasteiger partial charge in [-0.15, -0.1) is 11.8 Å². The average Bonchev–Trinajstić information content (AvgIpc) is 3.08. The fourth-order valence-electron chi connectivity index (χ4n) is 4.35. The number of anilines is 2. The zero-order valence-electron chi connectivity index (χ0n) is 19.3. The Bertz CT molecular complexity index is 918. The molecule has 0 unspecified atom stereocenters. The first-order valence-corrected chi connectivity index (χ1v) is 12.1. The molecule has 0 spiro atoms. The number of amides is 2. The Morgan fingerprint density at radius 2 is 1.84 bits per heavy atom. The Labute approximate surface area is 190 Å². The number of thioether (sulfide) groups is 1. The number of carbonyl (C=O) groups excluding carboxylic acids is 2. The molecule has 166 valence electrons. The molecule has 2 atom stereocenters. The third kappa shape index (κ3) is 6.13. The van der Waals surface area contributed by atoms with E-state index < -0.39 is 0 Å². The molecule has 1 N–H and O–H groups in total. The van der Waals surface area contributed by atoms with Gasteiger partial charge in [0.15, 0.2) is 0 Å². The van der Waals surface area contributed by atoms with Crippen LogP contribution in [0.15, 0.2) is 48.5 Å². The highest BCUT2D eigenvalue weighted by molar-refractivity contribution is 8.00. The highest BCUT2D eigenvalue weighted by Gasteiger charge is 2.34. The molecule has 2 aromatic rings. The van der Waals surface area contributed by atoms with E-state index in [1.54, 1.807) is 11.8 Å². The number of rotatable bonds is 7. The first-order chi connectivity index (χ1) is 14.7. The van der Waals surface area contributed by atoms with Crippen LogP contribution in [0.2, 0.25) is 0 Å². The smallest absolute Gasteiger partial charge is 0.238 e. The van der Waals surface area contributed by atoms with Gasteiger partial charge in [0.2, 0.25) is 11.8 Å². The van der Waals surface area contributed by atoms with Gasteiger partial charge in [-0.25, -0.2) is 0 Å². The van der Waals surface area contributed by atoms with Crippen LogP contribution in [0.5, 0.6) is 0 Å². The van der Waals surface area contributed by atoms with E-state index in [4.69, 9.17) is 0 Å². The van der Waals surface area contributed by atoms with Crippen LogP contribution in [0.25, 0.3) is 0 Å². The maximum Gasteiger partial charge on any atom is 0.238 e. The monoisotopic (exact) mass is 438 g/mol. The van der Waals surface area contributed by atoms with Gasteiger partial charge in [-0.3, -0.25) is 14.5 Å². The summed E-state index contributed by atoms with van der Waals surface area (Å²) < 4.78 is 0. The molecule has 0 bridgehead atoms. The van der Waals surface area contributed by atoms with Crippen LogP contribution in [-0.4, -0.2) is 17.6 Å². The summed E-state index contributed by atoms with van der Waals surface area (Å²) in [4.78, 5) is 27.0. The minimum atomic E-state index is -0.0447. The molecular formula is C26H34N2O2S. The predicted molar refractivity (Wildman–Crippen MR) is 131 cm³/mol. The van der Waals surface area contributed by atoms with Crippen LogP contribution in [0, 0.1) is 11.3 Å². The molecule has 4 nitrogen and oxygen atoms in total. The molecule has 1 fully saturated rings. The fourth-order valence-corrected chi connectivity index (χ4v) is 5.52. The summed E-state index contributed by atoms with van der Waals surface area (Å²) in [5.74, 6) is 1.01. The molecule has 1 saturated heterocycles. The van der Waals surface area contributed by atoms with Crippen LogP contribution < -0.4 is 10.2 Å². The van der Waals surface area contributed by atoms with Crippen LogP contribution in [0.4, 0.5) is 11.4 Å².